The van der Waals surface area contributed by atoms with Gasteiger partial charge in [0, 0.05) is 17.9 Å². The molecule has 2 rings (SSSR count). The van der Waals surface area contributed by atoms with Gasteiger partial charge < -0.3 is 20.1 Å². The van der Waals surface area contributed by atoms with Crippen molar-refractivity contribution in [1.82, 2.24) is 0 Å². The second-order valence-corrected chi connectivity index (χ2v) is 3.48. The number of morpholine rings is 1. The molecule has 1 amide bonds. The number of carbonyl (C=O) groups excluding carboxylic acids is 1. The van der Waals surface area contributed by atoms with E-state index in [1.54, 1.807) is 4.90 Å². The number of anilines is 2. The first-order valence-corrected chi connectivity index (χ1v) is 5.14. The fourth-order valence-electron chi connectivity index (χ4n) is 1.64. The van der Waals surface area contributed by atoms with Crippen molar-refractivity contribution in [3.63, 3.8) is 0 Å². The summed E-state index contributed by atoms with van der Waals surface area (Å²) in [6, 6.07) is 7.35. The van der Waals surface area contributed by atoms with Crippen LogP contribution >= 0.6 is 0 Å². The van der Waals surface area contributed by atoms with E-state index in [-0.39, 0.29) is 19.2 Å². The Balaban J connectivity index is 2.11. The van der Waals surface area contributed by atoms with E-state index in [9.17, 15) is 4.79 Å². The van der Waals surface area contributed by atoms with Crippen LogP contribution in [0.4, 0.5) is 11.4 Å². The van der Waals surface area contributed by atoms with Gasteiger partial charge in [-0.2, -0.15) is 0 Å². The molecule has 0 saturated carbocycles. The van der Waals surface area contributed by atoms with Crippen LogP contribution in [-0.4, -0.2) is 37.5 Å². The van der Waals surface area contributed by atoms with Crippen molar-refractivity contribution in [2.75, 3.05) is 36.7 Å². The second-order valence-electron chi connectivity index (χ2n) is 3.48. The molecule has 0 spiro atoms. The molecule has 5 nitrogen and oxygen atoms in total. The molecule has 0 aromatic heterocycles. The first-order chi connectivity index (χ1) is 7.81. The molecule has 0 aliphatic carbocycles. The summed E-state index contributed by atoms with van der Waals surface area (Å²) in [6.07, 6.45) is 0. The van der Waals surface area contributed by atoms with E-state index in [0.717, 1.165) is 11.4 Å². The van der Waals surface area contributed by atoms with Gasteiger partial charge in [-0.3, -0.25) is 4.79 Å². The normalized spacial score (nSPS) is 16.3. The fourth-order valence-corrected chi connectivity index (χ4v) is 1.64. The van der Waals surface area contributed by atoms with E-state index in [0.29, 0.717) is 13.2 Å². The summed E-state index contributed by atoms with van der Waals surface area (Å²) in [5.41, 5.74) is 1.68. The largest absolute Gasteiger partial charge is 0.377 e. The van der Waals surface area contributed by atoms with Gasteiger partial charge in [-0.15, -0.1) is 0 Å². The molecule has 1 aliphatic heterocycles. The van der Waals surface area contributed by atoms with E-state index < -0.39 is 0 Å². The molecule has 0 bridgehead atoms. The predicted octanol–water partition coefficient (Wildman–Crippen LogP) is 0.411. The highest BCUT2D eigenvalue weighted by molar-refractivity contribution is 5.94. The summed E-state index contributed by atoms with van der Waals surface area (Å²) >= 11 is 0. The smallest absolute Gasteiger partial charge is 0.253 e. The maximum atomic E-state index is 11.6. The highest BCUT2D eigenvalue weighted by atomic mass is 16.5. The zero-order valence-corrected chi connectivity index (χ0v) is 8.85. The van der Waals surface area contributed by atoms with Crippen molar-refractivity contribution in [3.8, 4) is 0 Å². The summed E-state index contributed by atoms with van der Waals surface area (Å²) < 4.78 is 5.06. The predicted molar refractivity (Wildman–Crippen MR) is 60.3 cm³/mol. The number of nitrogens with one attached hydrogen (secondary N) is 1. The zero-order chi connectivity index (χ0) is 11.4. The van der Waals surface area contributed by atoms with Crippen LogP contribution in [-0.2, 0) is 9.53 Å². The number of ether oxygens (including phenoxy) is 1. The van der Waals surface area contributed by atoms with Crippen molar-refractivity contribution in [2.45, 2.75) is 0 Å². The molecule has 0 radical (unpaired) electrons. The average Bonchev–Trinajstić information content (AvgIpc) is 2.31. The molecule has 2 N–H and O–H groups in total. The van der Waals surface area contributed by atoms with Crippen molar-refractivity contribution in [2.24, 2.45) is 0 Å². The molecule has 1 heterocycles. The molecule has 0 atom stereocenters. The highest BCUT2D eigenvalue weighted by Gasteiger charge is 2.19. The summed E-state index contributed by atoms with van der Waals surface area (Å²) in [6.45, 7) is 1.21. The van der Waals surface area contributed by atoms with E-state index in [1.807, 2.05) is 24.3 Å². The lowest BCUT2D eigenvalue weighted by Crippen LogP contribution is -2.41. The van der Waals surface area contributed by atoms with Gasteiger partial charge in [0.25, 0.3) is 5.91 Å². The number of hydrogen-bond donors (Lipinski definition) is 2. The molecular weight excluding hydrogens is 208 g/mol. The van der Waals surface area contributed by atoms with Crippen LogP contribution in [0, 0.1) is 0 Å². The topological polar surface area (TPSA) is 61.8 Å². The third-order valence-electron chi connectivity index (χ3n) is 2.45. The monoisotopic (exact) mass is 222 g/mol. The molecule has 1 saturated heterocycles. The third-order valence-corrected chi connectivity index (χ3v) is 2.45. The van der Waals surface area contributed by atoms with Crippen LogP contribution in [0.25, 0.3) is 0 Å². The van der Waals surface area contributed by atoms with Crippen molar-refractivity contribution in [1.29, 1.82) is 0 Å². The Hall–Kier alpha value is -1.59. The first-order valence-electron chi connectivity index (χ1n) is 5.14. The number of aliphatic hydroxyl groups is 1. The summed E-state index contributed by atoms with van der Waals surface area (Å²) in [4.78, 5) is 13.3. The van der Waals surface area contributed by atoms with Gasteiger partial charge in [-0.1, -0.05) is 0 Å². The Kier molecular flexibility index (Phi) is 3.38. The van der Waals surface area contributed by atoms with E-state index >= 15 is 0 Å². The number of nitrogens with zero attached hydrogens (tertiary/aromatic N) is 1. The van der Waals surface area contributed by atoms with Crippen molar-refractivity contribution in [3.05, 3.63) is 24.3 Å². The average molecular weight is 222 g/mol. The van der Waals surface area contributed by atoms with Gasteiger partial charge in [0.15, 0.2) is 0 Å². The number of aliphatic hydroxyl groups excluding tert-OH is 1. The van der Waals surface area contributed by atoms with Crippen LogP contribution in [0.1, 0.15) is 0 Å². The van der Waals surface area contributed by atoms with Crippen LogP contribution in [0.2, 0.25) is 0 Å². The molecule has 0 unspecified atom stereocenters. The number of amides is 1. The standard InChI is InChI=1S/C11H14N2O3/c14-8-12-9-1-3-10(4-2-9)13-5-6-16-7-11(13)15/h1-4,12,14H,5-8H2. The summed E-state index contributed by atoms with van der Waals surface area (Å²) in [5.74, 6) is -0.0193. The van der Waals surface area contributed by atoms with Crippen molar-refractivity contribution < 1.29 is 14.6 Å². The molecule has 86 valence electrons. The molecule has 1 aliphatic rings. The molecule has 1 aromatic carbocycles. The second kappa shape index (κ2) is 4.96. The zero-order valence-electron chi connectivity index (χ0n) is 8.85. The Morgan fingerprint density at radius 1 is 1.38 bits per heavy atom. The van der Waals surface area contributed by atoms with Crippen LogP contribution in [0.5, 0.6) is 0 Å². The maximum Gasteiger partial charge on any atom is 0.253 e. The Morgan fingerprint density at radius 3 is 2.75 bits per heavy atom. The number of benzene rings is 1. The molecule has 1 fully saturated rings. The van der Waals surface area contributed by atoms with Crippen LogP contribution < -0.4 is 10.2 Å². The lowest BCUT2D eigenvalue weighted by atomic mass is 10.2. The number of carbonyl (C=O) groups is 1. The quantitative estimate of drug-likeness (QED) is 0.727. The van der Waals surface area contributed by atoms with Crippen LogP contribution in [0.15, 0.2) is 24.3 Å². The molecule has 5 heteroatoms. The minimum Gasteiger partial charge on any atom is -0.377 e. The van der Waals surface area contributed by atoms with Gasteiger partial charge in [0.2, 0.25) is 0 Å². The summed E-state index contributed by atoms with van der Waals surface area (Å²) in [7, 11) is 0. The maximum absolute atomic E-state index is 11.6. The van der Waals surface area contributed by atoms with Gasteiger partial charge in [-0.05, 0) is 24.3 Å². The van der Waals surface area contributed by atoms with Gasteiger partial charge in [0.05, 0.1) is 6.61 Å². The Morgan fingerprint density at radius 2 is 2.12 bits per heavy atom. The molecule has 1 aromatic rings. The number of rotatable bonds is 3. The van der Waals surface area contributed by atoms with Crippen LogP contribution in [0.3, 0.4) is 0 Å². The Labute approximate surface area is 93.6 Å². The van der Waals surface area contributed by atoms with E-state index in [1.165, 1.54) is 0 Å². The fraction of sp³-hybridized carbons (Fsp3) is 0.364. The van der Waals surface area contributed by atoms with E-state index in [2.05, 4.69) is 5.32 Å². The lowest BCUT2D eigenvalue weighted by Gasteiger charge is -2.26. The lowest BCUT2D eigenvalue weighted by molar-refractivity contribution is -0.125. The van der Waals surface area contributed by atoms with Gasteiger partial charge in [-0.25, -0.2) is 0 Å². The highest BCUT2D eigenvalue weighted by Crippen LogP contribution is 2.19. The summed E-state index contributed by atoms with van der Waals surface area (Å²) in [5, 5.41) is 11.5. The third kappa shape index (κ3) is 2.32. The first kappa shape index (κ1) is 10.9. The number of hydrogen-bond acceptors (Lipinski definition) is 4. The SMILES string of the molecule is O=C1COCCN1c1ccc(NCO)cc1. The minimum atomic E-state index is -0.101. The molecular formula is C11H14N2O3. The Bertz CT molecular complexity index is 364. The molecule has 16 heavy (non-hydrogen) atoms. The van der Waals surface area contributed by atoms with E-state index in [4.69, 9.17) is 9.84 Å². The van der Waals surface area contributed by atoms with Gasteiger partial charge >= 0.3 is 0 Å². The minimum absolute atomic E-state index is 0.0193. The van der Waals surface area contributed by atoms with Crippen molar-refractivity contribution >= 4 is 17.3 Å². The van der Waals surface area contributed by atoms with Gasteiger partial charge in [0.1, 0.15) is 13.3 Å².